The third kappa shape index (κ3) is 63.9. The van der Waals surface area contributed by atoms with Crippen LogP contribution in [0.5, 0.6) is 0 Å². The molecule has 0 aliphatic heterocycles. The van der Waals surface area contributed by atoms with Gasteiger partial charge < -0.3 is 16.4 Å². The molecule has 60 valence electrons. The van der Waals surface area contributed by atoms with Gasteiger partial charge in [0, 0.05) is 33.6 Å². The normalized spacial score (nSPS) is 0. The van der Waals surface area contributed by atoms with Crippen LogP contribution >= 0.6 is 0 Å². The Morgan fingerprint density at radius 2 is 0.444 bits per heavy atom. The average Bonchev–Trinajstić information content (AvgIpc) is 0. The molecular weight excluding hydrogens is 453 g/mol. The van der Waals surface area contributed by atoms with Crippen molar-refractivity contribution in [3.63, 3.8) is 0 Å². The fourth-order valence-electron chi connectivity index (χ4n) is 0. The topological polar surface area (TPSA) is 85.5 Å². The van der Waals surface area contributed by atoms with Crippen LogP contribution < -0.4 is 0 Å². The van der Waals surface area contributed by atoms with E-state index in [1.165, 1.54) is 0 Å². The molecular formula is H4Co2Fe2O3Sr2. The fraction of sp³-hybridized carbons (Fsp3) is 0. The van der Waals surface area contributed by atoms with Crippen molar-refractivity contribution in [2.24, 2.45) is 0 Å². The second kappa shape index (κ2) is 76.2. The van der Waals surface area contributed by atoms with Crippen LogP contribution in [0.2, 0.25) is 0 Å². The second-order valence-corrected chi connectivity index (χ2v) is 0. The number of hydrogen-bond acceptors (Lipinski definition) is 0. The summed E-state index contributed by atoms with van der Waals surface area (Å²) in [6.07, 6.45) is 0. The molecule has 9 heteroatoms. The van der Waals surface area contributed by atoms with Crippen LogP contribution in [0.25, 0.3) is 0 Å². The quantitative estimate of drug-likeness (QED) is 0.371. The Bertz CT molecular complexity index is 17.8. The molecule has 3 nitrogen and oxygen atoms in total. The Morgan fingerprint density at radius 3 is 0.444 bits per heavy atom. The van der Waals surface area contributed by atoms with Crippen LogP contribution in [-0.2, 0) is 84.1 Å². The van der Waals surface area contributed by atoms with Gasteiger partial charge in [0.2, 0.25) is 0 Å². The molecule has 0 aliphatic carbocycles. The van der Waals surface area contributed by atoms with Gasteiger partial charge >= 0.3 is 125 Å². The van der Waals surface area contributed by atoms with Gasteiger partial charge in [-0.3, -0.25) is 0 Å². The summed E-state index contributed by atoms with van der Waals surface area (Å²) in [5, 5.41) is 0. The van der Waals surface area contributed by atoms with Gasteiger partial charge in [0.1, 0.15) is 0 Å². The van der Waals surface area contributed by atoms with Crippen LogP contribution in [0.15, 0.2) is 0 Å². The van der Waals surface area contributed by atoms with E-state index in [-0.39, 0.29) is 175 Å². The first-order chi connectivity index (χ1) is 0. The van der Waals surface area contributed by atoms with E-state index >= 15 is 0 Å². The molecule has 0 aromatic carbocycles. The van der Waals surface area contributed by atoms with Crippen molar-refractivity contribution in [2.75, 3.05) is 0 Å². The number of rotatable bonds is 0. The Morgan fingerprint density at radius 1 is 0.444 bits per heavy atom. The predicted molar refractivity (Wildman–Crippen MR) is 19.1 cm³/mol. The minimum absolute atomic E-state index is 0. The van der Waals surface area contributed by atoms with E-state index in [0.29, 0.717) is 0 Å². The predicted octanol–water partition coefficient (Wildman–Crippen LogP) is -2.20. The molecule has 0 bridgehead atoms. The molecule has 0 aromatic rings. The maximum absolute atomic E-state index is 0. The minimum atomic E-state index is 0. The van der Waals surface area contributed by atoms with Gasteiger partial charge in [-0.1, -0.05) is 0 Å². The van der Waals surface area contributed by atoms with Gasteiger partial charge in [-0.15, -0.1) is 0 Å². The van der Waals surface area contributed by atoms with Crippen LogP contribution in [0.1, 0.15) is 0 Å². The van der Waals surface area contributed by atoms with Crippen molar-refractivity contribution >= 4 is 91.0 Å². The molecule has 9 heavy (non-hydrogen) atoms. The Labute approximate surface area is 170 Å². The molecule has 0 N–H and O–H groups in total. The molecule has 0 saturated carbocycles. The van der Waals surface area contributed by atoms with Gasteiger partial charge in [-0.05, 0) is 0 Å². The second-order valence-electron chi connectivity index (χ2n) is 0. The third-order valence-corrected chi connectivity index (χ3v) is 0. The van der Waals surface area contributed by atoms with Crippen LogP contribution in [0.3, 0.4) is 0 Å². The maximum atomic E-state index is 0. The van der Waals surface area contributed by atoms with Crippen LogP contribution in [0, 0.1) is 0 Å². The third-order valence-electron chi connectivity index (χ3n) is 0. The number of hydrogen-bond donors (Lipinski definition) is 0. The zero-order valence-electron chi connectivity index (χ0n) is 2.60. The molecule has 0 heterocycles. The zero-order valence-corrected chi connectivity index (χ0v) is 6.89. The summed E-state index contributed by atoms with van der Waals surface area (Å²) >= 11 is 0. The molecule has 0 fully saturated rings. The summed E-state index contributed by atoms with van der Waals surface area (Å²) in [4.78, 5) is 0. The molecule has 0 unspecified atom stereocenters. The van der Waals surface area contributed by atoms with Gasteiger partial charge in [0.25, 0.3) is 0 Å². The molecule has 0 spiro atoms. The van der Waals surface area contributed by atoms with Crippen molar-refractivity contribution in [3.8, 4) is 0 Å². The van der Waals surface area contributed by atoms with Gasteiger partial charge in [0.15, 0.2) is 0 Å². The van der Waals surface area contributed by atoms with Crippen LogP contribution in [-0.4, -0.2) is 91.0 Å². The van der Waals surface area contributed by atoms with Crippen molar-refractivity contribution in [1.82, 2.24) is 0 Å². The summed E-state index contributed by atoms with van der Waals surface area (Å²) in [5.41, 5.74) is 0. The van der Waals surface area contributed by atoms with Crippen molar-refractivity contribution in [3.05, 3.63) is 0 Å². The fourth-order valence-corrected chi connectivity index (χ4v) is 0. The molecule has 0 atom stereocenters. The first-order valence-electron chi connectivity index (χ1n) is 0. The van der Waals surface area contributed by atoms with E-state index in [4.69, 9.17) is 0 Å². The molecule has 0 aliphatic rings. The van der Waals surface area contributed by atoms with E-state index < -0.39 is 0 Å². The summed E-state index contributed by atoms with van der Waals surface area (Å²) < 4.78 is 0. The standard InChI is InChI=1S/2Co.2Fe.3O.2Sr.4H/q;;2*+3;3*-2;;;;;;. The molecule has 4 radical (unpaired) electrons. The molecule has 0 saturated heterocycles. The first-order valence-corrected chi connectivity index (χ1v) is 0. The summed E-state index contributed by atoms with van der Waals surface area (Å²) in [7, 11) is 0. The van der Waals surface area contributed by atoms with Gasteiger partial charge in [-0.2, -0.15) is 0 Å². The van der Waals surface area contributed by atoms with E-state index in [0.717, 1.165) is 0 Å². The molecule has 0 amide bonds. The van der Waals surface area contributed by atoms with E-state index in [9.17, 15) is 0 Å². The van der Waals surface area contributed by atoms with Crippen molar-refractivity contribution < 1.29 is 84.1 Å². The molecule has 0 aromatic heterocycles. The Kier molecular flexibility index (Phi) is 816. The van der Waals surface area contributed by atoms with Crippen molar-refractivity contribution in [2.45, 2.75) is 0 Å². The van der Waals surface area contributed by atoms with Crippen LogP contribution in [0.4, 0.5) is 0 Å². The summed E-state index contributed by atoms with van der Waals surface area (Å²) in [6.45, 7) is 0. The SMILES string of the molecule is [Co].[Co].[Fe+3].[Fe+3].[O-2].[O-2].[O-2].[SrH2].[SrH2]. The van der Waals surface area contributed by atoms with E-state index in [1.807, 2.05) is 0 Å². The van der Waals surface area contributed by atoms with E-state index in [2.05, 4.69) is 0 Å². The Hall–Kier alpha value is 4.89. The molecule has 0 rings (SSSR count). The zero-order chi connectivity index (χ0) is 0. The Balaban J connectivity index is 0. The van der Waals surface area contributed by atoms with Crippen molar-refractivity contribution in [1.29, 1.82) is 0 Å². The first kappa shape index (κ1) is 96.5. The van der Waals surface area contributed by atoms with Gasteiger partial charge in [0.05, 0.1) is 0 Å². The van der Waals surface area contributed by atoms with Gasteiger partial charge in [-0.25, -0.2) is 0 Å². The van der Waals surface area contributed by atoms with E-state index in [1.54, 1.807) is 0 Å². The summed E-state index contributed by atoms with van der Waals surface area (Å²) in [5.74, 6) is 0. The summed E-state index contributed by atoms with van der Waals surface area (Å²) in [6, 6.07) is 0. The average molecular weight is 457 g/mol. The monoisotopic (exact) mass is 458 g/mol.